The summed E-state index contributed by atoms with van der Waals surface area (Å²) in [5, 5.41) is 2.47. The number of nitrogens with one attached hydrogen (secondary N) is 2. The summed E-state index contributed by atoms with van der Waals surface area (Å²) >= 11 is 0. The Morgan fingerprint density at radius 2 is 1.76 bits per heavy atom. The van der Waals surface area contributed by atoms with Crippen molar-refractivity contribution in [1.29, 1.82) is 0 Å². The first-order valence-electron chi connectivity index (χ1n) is 7.77. The van der Waals surface area contributed by atoms with Gasteiger partial charge in [0.2, 0.25) is 10.0 Å². The van der Waals surface area contributed by atoms with E-state index in [0.717, 1.165) is 11.1 Å². The predicted octanol–water partition coefficient (Wildman–Crippen LogP) is 2.40. The molecular weight excluding hydrogens is 340 g/mol. The maximum atomic E-state index is 12.7. The van der Waals surface area contributed by atoms with Crippen LogP contribution in [0.5, 0.6) is 5.75 Å². The Bertz CT molecular complexity index is 861. The molecule has 134 valence electrons. The van der Waals surface area contributed by atoms with E-state index in [2.05, 4.69) is 10.0 Å². The first-order chi connectivity index (χ1) is 11.8. The number of hydrogen-bond acceptors (Lipinski definition) is 4. The Kier molecular flexibility index (Phi) is 5.81. The highest BCUT2D eigenvalue weighted by Gasteiger charge is 2.21. The van der Waals surface area contributed by atoms with Crippen LogP contribution in [0.3, 0.4) is 0 Å². The van der Waals surface area contributed by atoms with Crippen molar-refractivity contribution in [1.82, 2.24) is 10.0 Å². The number of methoxy groups -OCH3 is 1. The first-order valence-corrected chi connectivity index (χ1v) is 9.26. The largest absolute Gasteiger partial charge is 0.496 e. The smallest absolute Gasteiger partial charge is 0.254 e. The van der Waals surface area contributed by atoms with Gasteiger partial charge in [-0.1, -0.05) is 29.8 Å². The van der Waals surface area contributed by atoms with Crippen molar-refractivity contribution in [3.05, 3.63) is 59.2 Å². The number of carbonyl (C=O) groups excluding carboxylic acids is 1. The van der Waals surface area contributed by atoms with E-state index < -0.39 is 22.0 Å². The molecule has 0 unspecified atom stereocenters. The summed E-state index contributed by atoms with van der Waals surface area (Å²) in [4.78, 5) is 11.9. The summed E-state index contributed by atoms with van der Waals surface area (Å²) < 4.78 is 33.1. The average molecular weight is 362 g/mol. The van der Waals surface area contributed by atoms with E-state index in [1.807, 2.05) is 31.2 Å². The molecule has 0 radical (unpaired) electrons. The Morgan fingerprint density at radius 3 is 2.32 bits per heavy atom. The maximum Gasteiger partial charge on any atom is 0.254 e. The van der Waals surface area contributed by atoms with Crippen LogP contribution in [0.15, 0.2) is 47.4 Å². The highest BCUT2D eigenvalue weighted by Crippen LogP contribution is 2.24. The van der Waals surface area contributed by atoms with Crippen LogP contribution < -0.4 is 14.8 Å². The van der Waals surface area contributed by atoms with Crippen molar-refractivity contribution >= 4 is 15.9 Å². The Balaban J connectivity index is 2.32. The Hall–Kier alpha value is -2.38. The zero-order valence-corrected chi connectivity index (χ0v) is 15.5. The average Bonchev–Trinajstić information content (AvgIpc) is 2.60. The van der Waals surface area contributed by atoms with E-state index in [4.69, 9.17) is 4.74 Å². The molecule has 0 aliphatic heterocycles. The van der Waals surface area contributed by atoms with Crippen molar-refractivity contribution in [3.63, 3.8) is 0 Å². The fourth-order valence-corrected chi connectivity index (χ4v) is 3.65. The molecule has 25 heavy (non-hydrogen) atoms. The summed E-state index contributed by atoms with van der Waals surface area (Å²) in [7, 11) is -0.895. The SMILES string of the molecule is CNC(=O)c1cc(S(=O)(=O)N[C@H](C)c2ccc(C)cc2)ccc1OC. The molecule has 0 aromatic heterocycles. The van der Waals surface area contributed by atoms with Gasteiger partial charge < -0.3 is 10.1 Å². The van der Waals surface area contributed by atoms with Crippen molar-refractivity contribution < 1.29 is 17.9 Å². The molecule has 0 spiro atoms. The van der Waals surface area contributed by atoms with E-state index in [1.165, 1.54) is 32.4 Å². The molecule has 7 heteroatoms. The number of aryl methyl sites for hydroxylation is 1. The lowest BCUT2D eigenvalue weighted by molar-refractivity contribution is 0.0960. The topological polar surface area (TPSA) is 84.5 Å². The van der Waals surface area contributed by atoms with Crippen LogP contribution in [0, 0.1) is 6.92 Å². The monoisotopic (exact) mass is 362 g/mol. The molecule has 0 heterocycles. The number of hydrogen-bond donors (Lipinski definition) is 2. The number of amides is 1. The van der Waals surface area contributed by atoms with Gasteiger partial charge in [-0.3, -0.25) is 4.79 Å². The maximum absolute atomic E-state index is 12.7. The highest BCUT2D eigenvalue weighted by atomic mass is 32.2. The van der Waals surface area contributed by atoms with Crippen LogP contribution in [0.25, 0.3) is 0 Å². The molecule has 0 bridgehead atoms. The number of benzene rings is 2. The summed E-state index contributed by atoms with van der Waals surface area (Å²) in [5.74, 6) is -0.106. The summed E-state index contributed by atoms with van der Waals surface area (Å²) in [6.45, 7) is 3.74. The lowest BCUT2D eigenvalue weighted by atomic mass is 10.1. The third-order valence-electron chi connectivity index (χ3n) is 3.86. The fourth-order valence-electron chi connectivity index (χ4n) is 2.39. The summed E-state index contributed by atoms with van der Waals surface area (Å²) in [6, 6.07) is 11.4. The molecule has 2 rings (SSSR count). The van der Waals surface area contributed by atoms with Gasteiger partial charge in [0.05, 0.1) is 17.6 Å². The lowest BCUT2D eigenvalue weighted by Crippen LogP contribution is -2.27. The van der Waals surface area contributed by atoms with Crippen LogP contribution in [0.4, 0.5) is 0 Å². The second-order valence-electron chi connectivity index (χ2n) is 5.69. The Morgan fingerprint density at radius 1 is 1.12 bits per heavy atom. The van der Waals surface area contributed by atoms with Crippen molar-refractivity contribution in [3.8, 4) is 5.75 Å². The minimum absolute atomic E-state index is 0.00543. The standard InChI is InChI=1S/C18H22N2O4S/c1-12-5-7-14(8-6-12)13(2)20-25(22,23)15-9-10-17(24-4)16(11-15)18(21)19-3/h5-11,13,20H,1-4H3,(H,19,21)/t13-/m1/s1. The highest BCUT2D eigenvalue weighted by molar-refractivity contribution is 7.89. The van der Waals surface area contributed by atoms with Gasteiger partial charge in [0.15, 0.2) is 0 Å². The molecule has 1 amide bonds. The third-order valence-corrected chi connectivity index (χ3v) is 5.40. The predicted molar refractivity (Wildman–Crippen MR) is 96.3 cm³/mol. The Labute approximate surface area is 148 Å². The zero-order valence-electron chi connectivity index (χ0n) is 14.7. The molecule has 2 aromatic carbocycles. The summed E-state index contributed by atoms with van der Waals surface area (Å²) in [5.41, 5.74) is 2.12. The number of rotatable bonds is 6. The molecule has 0 aliphatic carbocycles. The van der Waals surface area contributed by atoms with Crippen molar-refractivity contribution in [2.24, 2.45) is 0 Å². The van der Waals surface area contributed by atoms with E-state index in [1.54, 1.807) is 6.92 Å². The van der Waals surface area contributed by atoms with Gasteiger partial charge in [0.1, 0.15) is 5.75 Å². The molecule has 0 fully saturated rings. The van der Waals surface area contributed by atoms with E-state index in [-0.39, 0.29) is 10.5 Å². The van der Waals surface area contributed by atoms with Gasteiger partial charge in [-0.05, 0) is 37.6 Å². The van der Waals surface area contributed by atoms with Gasteiger partial charge in [0, 0.05) is 13.1 Å². The van der Waals surface area contributed by atoms with Gasteiger partial charge >= 0.3 is 0 Å². The molecule has 1 atom stereocenters. The normalized spacial score (nSPS) is 12.5. The van der Waals surface area contributed by atoms with Gasteiger partial charge in [0.25, 0.3) is 5.91 Å². The van der Waals surface area contributed by atoms with Crippen molar-refractivity contribution in [2.75, 3.05) is 14.2 Å². The molecule has 2 N–H and O–H groups in total. The van der Waals surface area contributed by atoms with Crippen molar-refractivity contribution in [2.45, 2.75) is 24.8 Å². The van der Waals surface area contributed by atoms with E-state index >= 15 is 0 Å². The molecular formula is C18H22N2O4S. The minimum Gasteiger partial charge on any atom is -0.496 e. The molecule has 6 nitrogen and oxygen atoms in total. The quantitative estimate of drug-likeness (QED) is 0.826. The van der Waals surface area contributed by atoms with Crippen LogP contribution in [-0.2, 0) is 10.0 Å². The number of carbonyl (C=O) groups is 1. The molecule has 0 saturated carbocycles. The van der Waals surface area contributed by atoms with Crippen LogP contribution >= 0.6 is 0 Å². The zero-order chi connectivity index (χ0) is 18.6. The van der Waals surface area contributed by atoms with Gasteiger partial charge in [-0.15, -0.1) is 0 Å². The van der Waals surface area contributed by atoms with Crippen LogP contribution in [-0.4, -0.2) is 28.5 Å². The minimum atomic E-state index is -3.79. The second-order valence-corrected chi connectivity index (χ2v) is 7.41. The van der Waals surface area contributed by atoms with Crippen LogP contribution in [0.2, 0.25) is 0 Å². The molecule has 2 aromatic rings. The van der Waals surface area contributed by atoms with Gasteiger partial charge in [-0.25, -0.2) is 13.1 Å². The number of ether oxygens (including phenoxy) is 1. The molecule has 0 saturated heterocycles. The molecule has 0 aliphatic rings. The summed E-state index contributed by atoms with van der Waals surface area (Å²) in [6.07, 6.45) is 0. The van der Waals surface area contributed by atoms with Gasteiger partial charge in [-0.2, -0.15) is 0 Å². The fraction of sp³-hybridized carbons (Fsp3) is 0.278. The van der Waals surface area contributed by atoms with E-state index in [0.29, 0.717) is 5.75 Å². The number of sulfonamides is 1. The third kappa shape index (κ3) is 4.37. The lowest BCUT2D eigenvalue weighted by Gasteiger charge is -2.16. The van der Waals surface area contributed by atoms with E-state index in [9.17, 15) is 13.2 Å². The second kappa shape index (κ2) is 7.67. The first kappa shape index (κ1) is 19.0. The van der Waals surface area contributed by atoms with Crippen LogP contribution in [0.1, 0.15) is 34.5 Å².